The number of halogens is 4. The number of nitrogens with one attached hydrogen (secondary N) is 2. The predicted octanol–water partition coefficient (Wildman–Crippen LogP) is 5.76. The Bertz CT molecular complexity index is 1190. The van der Waals surface area contributed by atoms with E-state index >= 15 is 0 Å². The number of ether oxygens (including phenoxy) is 2. The fourth-order valence-electron chi connectivity index (χ4n) is 3.05. The van der Waals surface area contributed by atoms with Gasteiger partial charge in [-0.2, -0.15) is 13.2 Å². The van der Waals surface area contributed by atoms with Gasteiger partial charge >= 0.3 is 6.18 Å². The second-order valence-corrected chi connectivity index (χ2v) is 6.97. The van der Waals surface area contributed by atoms with E-state index in [2.05, 4.69) is 10.6 Å². The molecule has 3 aromatic carbocycles. The van der Waals surface area contributed by atoms with Gasteiger partial charge in [0.25, 0.3) is 11.8 Å². The maximum absolute atomic E-state index is 13.7. The summed E-state index contributed by atoms with van der Waals surface area (Å²) in [5.74, 6) is -1.43. The van der Waals surface area contributed by atoms with Crippen molar-refractivity contribution in [1.29, 1.82) is 0 Å². The standard InChI is InChI=1S/C24H20F4N2O4/c1-3-34-20-11-6-15(12-21(20)33-2)23(32)30-19-10-9-17(13-18(19)24(26,27)28)29-22(31)14-4-7-16(25)8-5-14/h4-13H,3H2,1-2H3,(H,29,31)(H,30,32). The third-order valence-corrected chi connectivity index (χ3v) is 4.66. The molecule has 3 rings (SSSR count). The molecule has 0 atom stereocenters. The van der Waals surface area contributed by atoms with Crippen molar-refractivity contribution in [2.45, 2.75) is 13.1 Å². The second-order valence-electron chi connectivity index (χ2n) is 6.97. The first-order chi connectivity index (χ1) is 16.1. The van der Waals surface area contributed by atoms with Crippen LogP contribution in [0.25, 0.3) is 0 Å². The molecule has 2 N–H and O–H groups in total. The van der Waals surface area contributed by atoms with E-state index in [1.807, 2.05) is 0 Å². The van der Waals surface area contributed by atoms with Crippen LogP contribution >= 0.6 is 0 Å². The molecule has 0 aliphatic carbocycles. The maximum Gasteiger partial charge on any atom is 0.418 e. The molecule has 0 saturated carbocycles. The SMILES string of the molecule is CCOc1ccc(C(=O)Nc2ccc(NC(=O)c3ccc(F)cc3)cc2C(F)(F)F)cc1OC. The molecule has 34 heavy (non-hydrogen) atoms. The summed E-state index contributed by atoms with van der Waals surface area (Å²) in [6.07, 6.45) is -4.82. The number of anilines is 2. The lowest BCUT2D eigenvalue weighted by atomic mass is 10.1. The average molecular weight is 476 g/mol. The summed E-state index contributed by atoms with van der Waals surface area (Å²) in [5, 5.41) is 4.58. The van der Waals surface area contributed by atoms with Gasteiger partial charge in [0.1, 0.15) is 5.82 Å². The van der Waals surface area contributed by atoms with E-state index in [0.717, 1.165) is 18.2 Å². The summed E-state index contributed by atoms with van der Waals surface area (Å²) in [6, 6.07) is 11.7. The van der Waals surface area contributed by atoms with Crippen molar-refractivity contribution >= 4 is 23.2 Å². The highest BCUT2D eigenvalue weighted by atomic mass is 19.4. The quantitative estimate of drug-likeness (QED) is 0.426. The predicted molar refractivity (Wildman–Crippen MR) is 118 cm³/mol. The Balaban J connectivity index is 1.85. The lowest BCUT2D eigenvalue weighted by Gasteiger charge is -2.16. The monoisotopic (exact) mass is 476 g/mol. The largest absolute Gasteiger partial charge is 0.493 e. The molecule has 178 valence electrons. The Hall–Kier alpha value is -4.08. The Kier molecular flexibility index (Phi) is 7.40. The Morgan fingerprint density at radius 1 is 0.853 bits per heavy atom. The van der Waals surface area contributed by atoms with E-state index in [1.165, 1.54) is 43.5 Å². The zero-order valence-electron chi connectivity index (χ0n) is 18.1. The molecule has 0 aliphatic heterocycles. The average Bonchev–Trinajstić information content (AvgIpc) is 2.80. The summed E-state index contributed by atoms with van der Waals surface area (Å²) in [7, 11) is 1.38. The number of rotatable bonds is 7. The fourth-order valence-corrected chi connectivity index (χ4v) is 3.05. The van der Waals surface area contributed by atoms with Crippen molar-refractivity contribution in [3.63, 3.8) is 0 Å². The van der Waals surface area contributed by atoms with Crippen LogP contribution in [0.1, 0.15) is 33.2 Å². The van der Waals surface area contributed by atoms with Crippen LogP contribution in [0.3, 0.4) is 0 Å². The van der Waals surface area contributed by atoms with Crippen molar-refractivity contribution in [3.8, 4) is 11.5 Å². The first-order valence-electron chi connectivity index (χ1n) is 10.0. The lowest BCUT2D eigenvalue weighted by Crippen LogP contribution is -2.18. The molecular weight excluding hydrogens is 456 g/mol. The van der Waals surface area contributed by atoms with Gasteiger partial charge < -0.3 is 20.1 Å². The Morgan fingerprint density at radius 2 is 1.50 bits per heavy atom. The Morgan fingerprint density at radius 3 is 2.12 bits per heavy atom. The van der Waals surface area contributed by atoms with Gasteiger partial charge in [0.15, 0.2) is 11.5 Å². The number of carbonyl (C=O) groups is 2. The summed E-state index contributed by atoms with van der Waals surface area (Å²) < 4.78 is 64.7. The van der Waals surface area contributed by atoms with Gasteiger partial charge in [-0.1, -0.05) is 0 Å². The van der Waals surface area contributed by atoms with Crippen LogP contribution in [-0.4, -0.2) is 25.5 Å². The number of benzene rings is 3. The molecule has 0 spiro atoms. The van der Waals surface area contributed by atoms with E-state index in [1.54, 1.807) is 6.92 Å². The van der Waals surface area contributed by atoms with Crippen LogP contribution in [-0.2, 0) is 6.18 Å². The van der Waals surface area contributed by atoms with E-state index in [-0.39, 0.29) is 22.6 Å². The van der Waals surface area contributed by atoms with Crippen LogP contribution in [0.15, 0.2) is 60.7 Å². The molecule has 0 unspecified atom stereocenters. The van der Waals surface area contributed by atoms with Gasteiger partial charge in [0, 0.05) is 16.8 Å². The first-order valence-corrected chi connectivity index (χ1v) is 10.0. The van der Waals surface area contributed by atoms with Crippen LogP contribution in [0.2, 0.25) is 0 Å². The summed E-state index contributed by atoms with van der Waals surface area (Å²) >= 11 is 0. The minimum absolute atomic E-state index is 0.0575. The highest BCUT2D eigenvalue weighted by Gasteiger charge is 2.34. The van der Waals surface area contributed by atoms with E-state index in [9.17, 15) is 27.2 Å². The lowest BCUT2D eigenvalue weighted by molar-refractivity contribution is -0.136. The molecule has 6 nitrogen and oxygen atoms in total. The minimum atomic E-state index is -4.82. The van der Waals surface area contributed by atoms with Crippen LogP contribution in [0.5, 0.6) is 11.5 Å². The summed E-state index contributed by atoms with van der Waals surface area (Å²) in [5.41, 5.74) is -1.68. The highest BCUT2D eigenvalue weighted by molar-refractivity contribution is 6.06. The van der Waals surface area contributed by atoms with Gasteiger partial charge in [-0.05, 0) is 67.6 Å². The third kappa shape index (κ3) is 5.83. The van der Waals surface area contributed by atoms with Crippen molar-refractivity contribution in [1.82, 2.24) is 0 Å². The molecule has 0 bridgehead atoms. The van der Waals surface area contributed by atoms with Crippen LogP contribution in [0, 0.1) is 5.82 Å². The minimum Gasteiger partial charge on any atom is -0.493 e. The van der Waals surface area contributed by atoms with Crippen molar-refractivity contribution < 1.29 is 36.6 Å². The van der Waals surface area contributed by atoms with Gasteiger partial charge in [0.2, 0.25) is 0 Å². The van der Waals surface area contributed by atoms with Crippen LogP contribution in [0.4, 0.5) is 28.9 Å². The number of methoxy groups -OCH3 is 1. The fraction of sp³-hybridized carbons (Fsp3) is 0.167. The van der Waals surface area contributed by atoms with E-state index < -0.39 is 35.1 Å². The van der Waals surface area contributed by atoms with Crippen LogP contribution < -0.4 is 20.1 Å². The third-order valence-electron chi connectivity index (χ3n) is 4.66. The smallest absolute Gasteiger partial charge is 0.418 e. The number of carbonyl (C=O) groups excluding carboxylic acids is 2. The molecule has 0 saturated heterocycles. The molecule has 0 heterocycles. The van der Waals surface area contributed by atoms with Crippen molar-refractivity contribution in [2.75, 3.05) is 24.4 Å². The van der Waals surface area contributed by atoms with E-state index in [0.29, 0.717) is 18.4 Å². The zero-order valence-corrected chi connectivity index (χ0v) is 18.1. The number of hydrogen-bond donors (Lipinski definition) is 2. The van der Waals surface area contributed by atoms with E-state index in [4.69, 9.17) is 9.47 Å². The van der Waals surface area contributed by atoms with Crippen molar-refractivity contribution in [2.24, 2.45) is 0 Å². The topological polar surface area (TPSA) is 76.7 Å². The highest BCUT2D eigenvalue weighted by Crippen LogP contribution is 2.37. The van der Waals surface area contributed by atoms with Crippen molar-refractivity contribution in [3.05, 3.63) is 83.2 Å². The zero-order chi connectivity index (χ0) is 24.9. The summed E-state index contributed by atoms with van der Waals surface area (Å²) in [6.45, 7) is 2.13. The molecule has 0 radical (unpaired) electrons. The van der Waals surface area contributed by atoms with Gasteiger partial charge in [-0.25, -0.2) is 4.39 Å². The first kappa shape index (κ1) is 24.6. The number of amides is 2. The molecular formula is C24H20F4N2O4. The molecule has 0 aliphatic rings. The van der Waals surface area contributed by atoms with Gasteiger partial charge in [-0.3, -0.25) is 9.59 Å². The number of hydrogen-bond acceptors (Lipinski definition) is 4. The molecule has 2 amide bonds. The van der Waals surface area contributed by atoms with Gasteiger partial charge in [-0.15, -0.1) is 0 Å². The molecule has 0 fully saturated rings. The summed E-state index contributed by atoms with van der Waals surface area (Å²) in [4.78, 5) is 24.9. The molecule has 3 aromatic rings. The maximum atomic E-state index is 13.7. The molecule has 0 aromatic heterocycles. The molecule has 10 heteroatoms. The second kappa shape index (κ2) is 10.2. The normalized spacial score (nSPS) is 11.0. The number of alkyl halides is 3. The van der Waals surface area contributed by atoms with Gasteiger partial charge in [0.05, 0.1) is 25.0 Å². The Labute approximate surface area is 192 Å².